The van der Waals surface area contributed by atoms with E-state index >= 15 is 0 Å². The molecular weight excluding hydrogens is 390 g/mol. The summed E-state index contributed by atoms with van der Waals surface area (Å²) in [5.41, 5.74) is 2.00. The zero-order valence-corrected chi connectivity index (χ0v) is 15.2. The van der Waals surface area contributed by atoms with Gasteiger partial charge in [0.15, 0.2) is 0 Å². The Morgan fingerprint density at radius 2 is 2.11 bits per heavy atom. The van der Waals surface area contributed by atoms with E-state index in [1.807, 2.05) is 6.07 Å². The lowest BCUT2D eigenvalue weighted by Crippen LogP contribution is -2.26. The largest absolute Gasteiger partial charge is 0.394 e. The SMILES string of the molecule is O=c1cc(-c2cc(Cl)ccc2-n2cc(C(F)F)nn2)cc2n1[C@H](CO)[C@H]1C[C@@H]21. The molecule has 9 heteroatoms. The van der Waals surface area contributed by atoms with E-state index in [1.165, 1.54) is 10.7 Å². The molecular formula is C19H15ClF2N4O2. The van der Waals surface area contributed by atoms with E-state index in [1.54, 1.807) is 22.8 Å². The molecule has 0 bridgehead atoms. The van der Waals surface area contributed by atoms with Crippen LogP contribution in [0.25, 0.3) is 16.8 Å². The van der Waals surface area contributed by atoms with Crippen molar-refractivity contribution in [3.8, 4) is 16.8 Å². The maximum Gasteiger partial charge on any atom is 0.283 e. The predicted molar refractivity (Wildman–Crippen MR) is 98.0 cm³/mol. The molecule has 0 radical (unpaired) electrons. The van der Waals surface area contributed by atoms with Crippen molar-refractivity contribution in [2.75, 3.05) is 6.61 Å². The topological polar surface area (TPSA) is 72.9 Å². The van der Waals surface area contributed by atoms with E-state index in [2.05, 4.69) is 10.3 Å². The Morgan fingerprint density at radius 1 is 1.29 bits per heavy atom. The summed E-state index contributed by atoms with van der Waals surface area (Å²) in [6, 6.07) is 8.18. The Morgan fingerprint density at radius 3 is 2.82 bits per heavy atom. The molecule has 3 heterocycles. The van der Waals surface area contributed by atoms with Crippen molar-refractivity contribution in [2.45, 2.75) is 24.8 Å². The maximum atomic E-state index is 12.9. The number of aliphatic hydroxyl groups is 1. The normalized spacial score (nSPS) is 22.4. The summed E-state index contributed by atoms with van der Waals surface area (Å²) < 4.78 is 28.7. The van der Waals surface area contributed by atoms with Crippen molar-refractivity contribution >= 4 is 11.6 Å². The van der Waals surface area contributed by atoms with Crippen LogP contribution in [0.4, 0.5) is 8.78 Å². The van der Waals surface area contributed by atoms with Crippen LogP contribution in [-0.4, -0.2) is 31.3 Å². The summed E-state index contributed by atoms with van der Waals surface area (Å²) in [4.78, 5) is 12.8. The molecule has 1 aliphatic carbocycles. The van der Waals surface area contributed by atoms with E-state index in [9.17, 15) is 18.7 Å². The van der Waals surface area contributed by atoms with Gasteiger partial charge >= 0.3 is 0 Å². The van der Waals surface area contributed by atoms with Crippen LogP contribution in [0, 0.1) is 5.92 Å². The van der Waals surface area contributed by atoms with E-state index in [0.29, 0.717) is 27.8 Å². The number of nitrogens with zero attached hydrogens (tertiary/aromatic N) is 4. The fourth-order valence-corrected chi connectivity index (χ4v) is 4.39. The number of aromatic nitrogens is 4. The summed E-state index contributed by atoms with van der Waals surface area (Å²) in [6.07, 6.45) is -0.607. The number of pyridine rings is 1. The van der Waals surface area contributed by atoms with Gasteiger partial charge in [0.05, 0.1) is 24.5 Å². The Kier molecular flexibility index (Phi) is 3.89. The molecule has 0 unspecified atom stereocenters. The van der Waals surface area contributed by atoms with Gasteiger partial charge in [-0.15, -0.1) is 5.10 Å². The molecule has 6 nitrogen and oxygen atoms in total. The molecule has 144 valence electrons. The highest BCUT2D eigenvalue weighted by molar-refractivity contribution is 6.31. The van der Waals surface area contributed by atoms with Gasteiger partial charge in [-0.05, 0) is 42.2 Å². The molecule has 0 saturated heterocycles. The van der Waals surface area contributed by atoms with E-state index in [0.717, 1.165) is 18.3 Å². The molecule has 3 aromatic rings. The predicted octanol–water partition coefficient (Wildman–Crippen LogP) is 3.34. The average molecular weight is 405 g/mol. The smallest absolute Gasteiger partial charge is 0.283 e. The van der Waals surface area contributed by atoms with Gasteiger partial charge in [-0.2, -0.15) is 0 Å². The maximum absolute atomic E-state index is 12.9. The van der Waals surface area contributed by atoms with Gasteiger partial charge in [-0.25, -0.2) is 13.5 Å². The Bertz CT molecular complexity index is 1140. The summed E-state index contributed by atoms with van der Waals surface area (Å²) >= 11 is 6.17. The van der Waals surface area contributed by atoms with Gasteiger partial charge in [-0.1, -0.05) is 16.8 Å². The fourth-order valence-electron chi connectivity index (χ4n) is 4.22. The first-order valence-electron chi connectivity index (χ1n) is 8.86. The van der Waals surface area contributed by atoms with Crippen molar-refractivity contribution in [1.29, 1.82) is 0 Å². The Hall–Kier alpha value is -2.58. The molecule has 0 amide bonds. The Balaban J connectivity index is 1.66. The number of rotatable bonds is 4. The Labute approximate surface area is 163 Å². The lowest BCUT2D eigenvalue weighted by Gasteiger charge is -2.17. The van der Waals surface area contributed by atoms with Crippen molar-refractivity contribution < 1.29 is 13.9 Å². The molecule has 0 spiro atoms. The van der Waals surface area contributed by atoms with Gasteiger partial charge in [0.2, 0.25) is 0 Å². The van der Waals surface area contributed by atoms with Crippen molar-refractivity contribution in [2.24, 2.45) is 5.92 Å². The molecule has 28 heavy (non-hydrogen) atoms. The van der Waals surface area contributed by atoms with Crippen molar-refractivity contribution in [3.05, 3.63) is 63.3 Å². The zero-order valence-electron chi connectivity index (χ0n) is 14.5. The van der Waals surface area contributed by atoms with E-state index in [4.69, 9.17) is 11.6 Å². The summed E-state index contributed by atoms with van der Waals surface area (Å²) in [7, 11) is 0. The lowest BCUT2D eigenvalue weighted by molar-refractivity contribution is 0.146. The lowest BCUT2D eigenvalue weighted by atomic mass is 10.0. The first kappa shape index (κ1) is 17.5. The van der Waals surface area contributed by atoms with E-state index < -0.39 is 12.1 Å². The van der Waals surface area contributed by atoms with Gasteiger partial charge < -0.3 is 9.67 Å². The van der Waals surface area contributed by atoms with Gasteiger partial charge in [0.25, 0.3) is 12.0 Å². The molecule has 3 atom stereocenters. The standard InChI is InChI=1S/C19H15ClF2N4O2/c20-10-1-2-15(25-7-14(19(21)22)23-24-25)11(5-10)9-3-16-12-6-13(12)17(8-27)26(16)18(28)4-9/h1-5,7,12-13,17,19,27H,6,8H2/t12-,13+,17-/m1/s1. The van der Waals surface area contributed by atoms with Crippen LogP contribution in [0.1, 0.15) is 36.2 Å². The van der Waals surface area contributed by atoms with E-state index in [-0.39, 0.29) is 24.1 Å². The van der Waals surface area contributed by atoms with Gasteiger partial charge in [-0.3, -0.25) is 4.79 Å². The number of alkyl halides is 2. The monoisotopic (exact) mass is 404 g/mol. The molecule has 1 aliphatic heterocycles. The first-order chi connectivity index (χ1) is 13.5. The van der Waals surface area contributed by atoms with Crippen molar-refractivity contribution in [1.82, 2.24) is 19.6 Å². The molecule has 2 aliphatic rings. The van der Waals surface area contributed by atoms with Gasteiger partial charge in [0, 0.05) is 28.3 Å². The second-order valence-electron chi connectivity index (χ2n) is 7.18. The van der Waals surface area contributed by atoms with Crippen LogP contribution in [0.3, 0.4) is 0 Å². The number of hydrogen-bond donors (Lipinski definition) is 1. The highest BCUT2D eigenvalue weighted by Crippen LogP contribution is 2.58. The van der Waals surface area contributed by atoms with Crippen molar-refractivity contribution in [3.63, 3.8) is 0 Å². The van der Waals surface area contributed by atoms with Crippen LogP contribution in [0.5, 0.6) is 0 Å². The third-order valence-corrected chi connectivity index (χ3v) is 5.82. The number of aliphatic hydroxyl groups excluding tert-OH is 1. The highest BCUT2D eigenvalue weighted by Gasteiger charge is 2.52. The molecule has 1 saturated carbocycles. The van der Waals surface area contributed by atoms with Crippen LogP contribution >= 0.6 is 11.6 Å². The van der Waals surface area contributed by atoms with Crippen LogP contribution in [0.2, 0.25) is 5.02 Å². The van der Waals surface area contributed by atoms with Crippen LogP contribution < -0.4 is 5.56 Å². The number of fused-ring (bicyclic) bond motifs is 3. The third-order valence-electron chi connectivity index (χ3n) is 5.58. The minimum Gasteiger partial charge on any atom is -0.394 e. The fraction of sp³-hybridized carbons (Fsp3) is 0.316. The third kappa shape index (κ3) is 2.59. The molecule has 2 aromatic heterocycles. The minimum atomic E-state index is -2.73. The zero-order chi connectivity index (χ0) is 19.6. The molecule has 1 aromatic carbocycles. The second-order valence-corrected chi connectivity index (χ2v) is 7.62. The van der Waals surface area contributed by atoms with Crippen LogP contribution in [0.15, 0.2) is 41.3 Å². The summed E-state index contributed by atoms with van der Waals surface area (Å²) in [6.45, 7) is -0.0643. The second kappa shape index (κ2) is 6.22. The summed E-state index contributed by atoms with van der Waals surface area (Å²) in [5.74, 6) is 0.569. The molecule has 1 N–H and O–H groups in total. The first-order valence-corrected chi connectivity index (χ1v) is 9.23. The number of hydrogen-bond acceptors (Lipinski definition) is 4. The average Bonchev–Trinajstić information content (AvgIpc) is 3.17. The minimum absolute atomic E-state index is 0.0643. The summed E-state index contributed by atoms with van der Waals surface area (Å²) in [5, 5.41) is 17.4. The van der Waals surface area contributed by atoms with Gasteiger partial charge in [0.1, 0.15) is 5.69 Å². The molecule has 1 fully saturated rings. The van der Waals surface area contributed by atoms with Crippen LogP contribution in [-0.2, 0) is 0 Å². The number of halogens is 3. The quantitative estimate of drug-likeness (QED) is 0.724. The highest BCUT2D eigenvalue weighted by atomic mass is 35.5. The number of benzene rings is 1. The molecule has 5 rings (SSSR count).